The molecule has 0 aromatic heterocycles. The Labute approximate surface area is 91.1 Å². The van der Waals surface area contributed by atoms with Gasteiger partial charge in [0.05, 0.1) is 0 Å². The van der Waals surface area contributed by atoms with Gasteiger partial charge in [-0.05, 0) is 18.6 Å². The lowest BCUT2D eigenvalue weighted by atomic mass is 9.94. The smallest absolute Gasteiger partial charge is 0.323 e. The van der Waals surface area contributed by atoms with Crippen molar-refractivity contribution in [3.05, 3.63) is 34.3 Å². The van der Waals surface area contributed by atoms with Crippen LogP contribution in [-0.2, 0) is 11.2 Å². The van der Waals surface area contributed by atoms with Crippen molar-refractivity contribution in [1.29, 1.82) is 0 Å². The number of hydrogen-bond donors (Lipinski definition) is 2. The van der Waals surface area contributed by atoms with Gasteiger partial charge in [0, 0.05) is 10.9 Å². The van der Waals surface area contributed by atoms with Crippen LogP contribution >= 0.6 is 15.9 Å². The third-order valence-corrected chi connectivity index (χ3v) is 2.78. The summed E-state index contributed by atoms with van der Waals surface area (Å²) in [6.45, 7) is 1.51. The summed E-state index contributed by atoms with van der Waals surface area (Å²) in [6.07, 6.45) is 0.309. The second-order valence-corrected chi connectivity index (χ2v) is 4.35. The van der Waals surface area contributed by atoms with E-state index in [2.05, 4.69) is 15.9 Å². The standard InChI is InChI=1S/C10H12BrNO2/c1-10(12,9(13)14)6-7-4-2-3-5-8(7)11/h2-5H,6,12H2,1H3,(H,13,14). The molecule has 0 radical (unpaired) electrons. The second kappa shape index (κ2) is 4.11. The SMILES string of the molecule is CC(N)(Cc1ccccc1Br)C(=O)O. The number of benzene rings is 1. The van der Waals surface area contributed by atoms with Crippen LogP contribution in [0.25, 0.3) is 0 Å². The summed E-state index contributed by atoms with van der Waals surface area (Å²) in [5.74, 6) is -0.992. The van der Waals surface area contributed by atoms with Crippen molar-refractivity contribution < 1.29 is 9.90 Å². The van der Waals surface area contributed by atoms with Gasteiger partial charge in [0.25, 0.3) is 0 Å². The molecule has 3 N–H and O–H groups in total. The monoisotopic (exact) mass is 257 g/mol. The first-order valence-corrected chi connectivity index (χ1v) is 4.98. The van der Waals surface area contributed by atoms with Crippen LogP contribution < -0.4 is 5.73 Å². The summed E-state index contributed by atoms with van der Waals surface area (Å²) in [5, 5.41) is 8.85. The molecule has 0 heterocycles. The van der Waals surface area contributed by atoms with E-state index in [-0.39, 0.29) is 0 Å². The molecule has 0 amide bonds. The fraction of sp³-hybridized carbons (Fsp3) is 0.300. The largest absolute Gasteiger partial charge is 0.480 e. The molecule has 0 fully saturated rings. The molecule has 0 spiro atoms. The number of carboxylic acid groups (broad SMARTS) is 1. The van der Waals surface area contributed by atoms with Gasteiger partial charge in [-0.15, -0.1) is 0 Å². The number of carboxylic acids is 1. The van der Waals surface area contributed by atoms with E-state index in [4.69, 9.17) is 10.8 Å². The molecule has 1 aromatic rings. The van der Waals surface area contributed by atoms with Gasteiger partial charge in [-0.25, -0.2) is 0 Å². The van der Waals surface area contributed by atoms with E-state index in [9.17, 15) is 4.79 Å². The molecule has 1 unspecified atom stereocenters. The molecular formula is C10H12BrNO2. The lowest BCUT2D eigenvalue weighted by Crippen LogP contribution is -2.46. The normalized spacial score (nSPS) is 14.8. The lowest BCUT2D eigenvalue weighted by molar-refractivity contribution is -0.142. The molecule has 4 heteroatoms. The maximum Gasteiger partial charge on any atom is 0.323 e. The number of aliphatic carboxylic acids is 1. The van der Waals surface area contributed by atoms with E-state index in [0.717, 1.165) is 10.0 Å². The van der Waals surface area contributed by atoms with Crippen LogP contribution in [0.4, 0.5) is 0 Å². The van der Waals surface area contributed by atoms with Crippen LogP contribution in [0.15, 0.2) is 28.7 Å². The molecule has 0 bridgehead atoms. The van der Waals surface area contributed by atoms with Gasteiger partial charge in [0.2, 0.25) is 0 Å². The van der Waals surface area contributed by atoms with Crippen LogP contribution in [0.3, 0.4) is 0 Å². The van der Waals surface area contributed by atoms with Gasteiger partial charge in [0.1, 0.15) is 5.54 Å². The van der Waals surface area contributed by atoms with E-state index in [0.29, 0.717) is 6.42 Å². The highest BCUT2D eigenvalue weighted by atomic mass is 79.9. The Hall–Kier alpha value is -0.870. The number of rotatable bonds is 3. The van der Waals surface area contributed by atoms with Crippen LogP contribution in [-0.4, -0.2) is 16.6 Å². The Morgan fingerprint density at radius 3 is 2.64 bits per heavy atom. The quantitative estimate of drug-likeness (QED) is 0.868. The topological polar surface area (TPSA) is 63.3 Å². The van der Waals surface area contributed by atoms with E-state index < -0.39 is 11.5 Å². The van der Waals surface area contributed by atoms with Crippen molar-refractivity contribution in [1.82, 2.24) is 0 Å². The van der Waals surface area contributed by atoms with E-state index in [1.807, 2.05) is 24.3 Å². The van der Waals surface area contributed by atoms with Crippen molar-refractivity contribution in [2.24, 2.45) is 5.73 Å². The van der Waals surface area contributed by atoms with Crippen molar-refractivity contribution >= 4 is 21.9 Å². The minimum absolute atomic E-state index is 0.309. The minimum atomic E-state index is -1.22. The first kappa shape index (κ1) is 11.2. The first-order chi connectivity index (χ1) is 6.43. The number of carbonyl (C=O) groups is 1. The number of halogens is 1. The molecule has 1 rings (SSSR count). The molecule has 76 valence electrons. The predicted octanol–water partition coefficient (Wildman–Crippen LogP) is 1.79. The third-order valence-electron chi connectivity index (χ3n) is 2.00. The highest BCUT2D eigenvalue weighted by molar-refractivity contribution is 9.10. The fourth-order valence-corrected chi connectivity index (χ4v) is 1.54. The molecule has 1 atom stereocenters. The Morgan fingerprint density at radius 2 is 2.14 bits per heavy atom. The van der Waals surface area contributed by atoms with E-state index in [1.54, 1.807) is 0 Å². The van der Waals surface area contributed by atoms with Crippen molar-refractivity contribution in [2.45, 2.75) is 18.9 Å². The minimum Gasteiger partial charge on any atom is -0.480 e. The molecule has 0 aliphatic rings. The van der Waals surface area contributed by atoms with Crippen molar-refractivity contribution in [2.75, 3.05) is 0 Å². The molecule has 14 heavy (non-hydrogen) atoms. The Balaban J connectivity index is 2.89. The zero-order valence-electron chi connectivity index (χ0n) is 7.83. The predicted molar refractivity (Wildman–Crippen MR) is 58.1 cm³/mol. The molecule has 0 aliphatic carbocycles. The van der Waals surface area contributed by atoms with Crippen LogP contribution in [0.5, 0.6) is 0 Å². The Morgan fingerprint density at radius 1 is 1.57 bits per heavy atom. The van der Waals surface area contributed by atoms with Crippen LogP contribution in [0.1, 0.15) is 12.5 Å². The Kier molecular flexibility index (Phi) is 3.29. The second-order valence-electron chi connectivity index (χ2n) is 3.49. The number of hydrogen-bond acceptors (Lipinski definition) is 2. The fourth-order valence-electron chi connectivity index (χ4n) is 1.11. The summed E-state index contributed by atoms with van der Waals surface area (Å²) in [5.41, 5.74) is 5.32. The molecule has 0 saturated carbocycles. The third kappa shape index (κ3) is 2.56. The van der Waals surface area contributed by atoms with Crippen molar-refractivity contribution in [3.63, 3.8) is 0 Å². The zero-order chi connectivity index (χ0) is 10.8. The molecule has 1 aromatic carbocycles. The van der Waals surface area contributed by atoms with Gasteiger partial charge >= 0.3 is 5.97 Å². The van der Waals surface area contributed by atoms with Gasteiger partial charge in [-0.3, -0.25) is 4.79 Å². The zero-order valence-corrected chi connectivity index (χ0v) is 9.41. The molecule has 0 saturated heterocycles. The summed E-state index contributed by atoms with van der Waals surface area (Å²) < 4.78 is 0.887. The van der Waals surface area contributed by atoms with Crippen LogP contribution in [0, 0.1) is 0 Å². The summed E-state index contributed by atoms with van der Waals surface area (Å²) in [7, 11) is 0. The van der Waals surface area contributed by atoms with E-state index >= 15 is 0 Å². The lowest BCUT2D eigenvalue weighted by Gasteiger charge is -2.19. The van der Waals surface area contributed by atoms with E-state index in [1.165, 1.54) is 6.92 Å². The van der Waals surface area contributed by atoms with Crippen molar-refractivity contribution in [3.8, 4) is 0 Å². The average Bonchev–Trinajstić information content (AvgIpc) is 2.08. The molecule has 0 aliphatic heterocycles. The maximum absolute atomic E-state index is 10.8. The maximum atomic E-state index is 10.8. The summed E-state index contributed by atoms with van der Waals surface area (Å²) in [4.78, 5) is 10.8. The van der Waals surface area contributed by atoms with Gasteiger partial charge < -0.3 is 10.8 Å². The summed E-state index contributed by atoms with van der Waals surface area (Å²) >= 11 is 3.35. The molecule has 3 nitrogen and oxygen atoms in total. The van der Waals surface area contributed by atoms with Gasteiger partial charge in [-0.1, -0.05) is 34.1 Å². The highest BCUT2D eigenvalue weighted by Crippen LogP contribution is 2.20. The van der Waals surface area contributed by atoms with Gasteiger partial charge in [0.15, 0.2) is 0 Å². The first-order valence-electron chi connectivity index (χ1n) is 4.19. The Bertz CT molecular complexity index is 350. The molecular weight excluding hydrogens is 246 g/mol. The number of nitrogens with two attached hydrogens (primary N) is 1. The highest BCUT2D eigenvalue weighted by Gasteiger charge is 2.28. The summed E-state index contributed by atoms with van der Waals surface area (Å²) in [6, 6.07) is 7.46. The average molecular weight is 258 g/mol. The van der Waals surface area contributed by atoms with Crippen LogP contribution in [0.2, 0.25) is 0 Å². The van der Waals surface area contributed by atoms with Gasteiger partial charge in [-0.2, -0.15) is 0 Å².